The summed E-state index contributed by atoms with van der Waals surface area (Å²) in [6, 6.07) is 7.81. The number of carbonyl (C=O) groups excluding carboxylic acids is 1. The van der Waals surface area contributed by atoms with E-state index >= 15 is 0 Å². The van der Waals surface area contributed by atoms with Gasteiger partial charge in [-0.05, 0) is 25.0 Å². The van der Waals surface area contributed by atoms with Gasteiger partial charge in [-0.25, -0.2) is 13.4 Å². The number of nitrogens with one attached hydrogen (secondary N) is 1. The van der Waals surface area contributed by atoms with Crippen LogP contribution in [0.3, 0.4) is 0 Å². The Morgan fingerprint density at radius 3 is 2.65 bits per heavy atom. The lowest BCUT2D eigenvalue weighted by molar-refractivity contribution is -0.120. The molecule has 6 nitrogen and oxygen atoms in total. The van der Waals surface area contributed by atoms with Crippen molar-refractivity contribution >= 4 is 15.7 Å². The van der Waals surface area contributed by atoms with Crippen LogP contribution < -0.4 is 5.32 Å². The van der Waals surface area contributed by atoms with E-state index in [0.29, 0.717) is 13.1 Å². The minimum Gasteiger partial charge on any atom is -0.351 e. The molecule has 0 aliphatic heterocycles. The first-order valence-corrected chi connectivity index (χ1v) is 9.25. The molecule has 1 aromatic heterocycles. The quantitative estimate of drug-likeness (QED) is 0.862. The monoisotopic (exact) mass is 335 g/mol. The van der Waals surface area contributed by atoms with Crippen molar-refractivity contribution in [2.24, 2.45) is 0 Å². The van der Waals surface area contributed by atoms with Gasteiger partial charge in [0.1, 0.15) is 11.1 Å². The summed E-state index contributed by atoms with van der Waals surface area (Å²) in [6.07, 6.45) is 4.73. The SMILES string of the molecule is Cc1nccn1Cc1cccc(CNC(=O)[C@H](C)S(C)(=O)=O)c1. The van der Waals surface area contributed by atoms with Crippen LogP contribution in [0.1, 0.15) is 23.9 Å². The summed E-state index contributed by atoms with van der Waals surface area (Å²) in [5, 5.41) is 1.62. The molecule has 124 valence electrons. The minimum atomic E-state index is -3.38. The van der Waals surface area contributed by atoms with E-state index in [1.807, 2.05) is 42.0 Å². The van der Waals surface area contributed by atoms with Gasteiger partial charge in [-0.1, -0.05) is 24.3 Å². The number of rotatable bonds is 6. The molecule has 2 aromatic rings. The lowest BCUT2D eigenvalue weighted by atomic mass is 10.1. The van der Waals surface area contributed by atoms with Crippen LogP contribution in [0.25, 0.3) is 0 Å². The fourth-order valence-electron chi connectivity index (χ4n) is 2.13. The maximum atomic E-state index is 11.8. The van der Waals surface area contributed by atoms with Crippen molar-refractivity contribution in [3.63, 3.8) is 0 Å². The molecule has 1 amide bonds. The smallest absolute Gasteiger partial charge is 0.238 e. The van der Waals surface area contributed by atoms with E-state index in [0.717, 1.165) is 23.2 Å². The van der Waals surface area contributed by atoms with Crippen molar-refractivity contribution < 1.29 is 13.2 Å². The maximum Gasteiger partial charge on any atom is 0.238 e. The number of hydrogen-bond donors (Lipinski definition) is 1. The van der Waals surface area contributed by atoms with Crippen LogP contribution in [0.2, 0.25) is 0 Å². The van der Waals surface area contributed by atoms with Crippen LogP contribution in [-0.4, -0.2) is 35.4 Å². The molecule has 0 aliphatic carbocycles. The molecule has 1 aromatic carbocycles. The molecule has 0 fully saturated rings. The standard InChI is InChI=1S/C16H21N3O3S/c1-12(23(3,21)22)16(20)18-10-14-5-4-6-15(9-14)11-19-8-7-17-13(19)2/h4-9,12H,10-11H2,1-3H3,(H,18,20)/t12-/m0/s1. The molecule has 1 atom stereocenters. The van der Waals surface area contributed by atoms with Gasteiger partial charge >= 0.3 is 0 Å². The fourth-order valence-corrected chi connectivity index (χ4v) is 2.61. The number of carbonyl (C=O) groups is 1. The van der Waals surface area contributed by atoms with Gasteiger partial charge in [0.2, 0.25) is 5.91 Å². The topological polar surface area (TPSA) is 81.1 Å². The molecule has 0 spiro atoms. The van der Waals surface area contributed by atoms with Crippen LogP contribution in [0.15, 0.2) is 36.7 Å². The highest BCUT2D eigenvalue weighted by Gasteiger charge is 2.22. The van der Waals surface area contributed by atoms with Gasteiger partial charge in [-0.15, -0.1) is 0 Å². The molecule has 0 radical (unpaired) electrons. The number of hydrogen-bond acceptors (Lipinski definition) is 4. The Morgan fingerprint density at radius 2 is 2.04 bits per heavy atom. The molecule has 0 unspecified atom stereocenters. The Bertz CT molecular complexity index is 796. The Kier molecular flexibility index (Phi) is 5.20. The average molecular weight is 335 g/mol. The zero-order valence-electron chi connectivity index (χ0n) is 13.5. The van der Waals surface area contributed by atoms with Gasteiger partial charge in [0.05, 0.1) is 0 Å². The summed E-state index contributed by atoms with van der Waals surface area (Å²) in [5.41, 5.74) is 2.02. The third-order valence-corrected chi connectivity index (χ3v) is 5.24. The summed E-state index contributed by atoms with van der Waals surface area (Å²) in [5.74, 6) is 0.453. The fraction of sp³-hybridized carbons (Fsp3) is 0.375. The molecule has 2 rings (SSSR count). The molecular weight excluding hydrogens is 314 g/mol. The van der Waals surface area contributed by atoms with Crippen LogP contribution in [0, 0.1) is 6.92 Å². The number of imidazole rings is 1. The first-order chi connectivity index (χ1) is 10.8. The number of aromatic nitrogens is 2. The summed E-state index contributed by atoms with van der Waals surface area (Å²) in [6.45, 7) is 4.34. The van der Waals surface area contributed by atoms with E-state index in [4.69, 9.17) is 0 Å². The van der Waals surface area contributed by atoms with Crippen molar-refractivity contribution in [2.75, 3.05) is 6.26 Å². The first kappa shape index (κ1) is 17.2. The molecule has 0 aliphatic rings. The van der Waals surface area contributed by atoms with Crippen LogP contribution in [-0.2, 0) is 27.7 Å². The van der Waals surface area contributed by atoms with Gasteiger partial charge in [-0.2, -0.15) is 0 Å². The highest BCUT2D eigenvalue weighted by molar-refractivity contribution is 7.92. The maximum absolute atomic E-state index is 11.8. The summed E-state index contributed by atoms with van der Waals surface area (Å²) >= 11 is 0. The molecule has 7 heteroatoms. The van der Waals surface area contributed by atoms with E-state index < -0.39 is 21.0 Å². The first-order valence-electron chi connectivity index (χ1n) is 7.29. The second-order valence-corrected chi connectivity index (χ2v) is 7.98. The third-order valence-electron chi connectivity index (χ3n) is 3.75. The molecule has 0 saturated heterocycles. The Hall–Kier alpha value is -2.15. The second-order valence-electron chi connectivity index (χ2n) is 5.61. The lowest BCUT2D eigenvalue weighted by Crippen LogP contribution is -2.37. The van der Waals surface area contributed by atoms with E-state index in [2.05, 4.69) is 10.3 Å². The van der Waals surface area contributed by atoms with Crippen LogP contribution in [0.4, 0.5) is 0 Å². The van der Waals surface area contributed by atoms with Crippen molar-refractivity contribution in [3.05, 3.63) is 53.6 Å². The van der Waals surface area contributed by atoms with Gasteiger partial charge in [0.15, 0.2) is 9.84 Å². The highest BCUT2D eigenvalue weighted by Crippen LogP contribution is 2.09. The van der Waals surface area contributed by atoms with Gasteiger partial charge in [0, 0.05) is 31.7 Å². The Labute approximate surface area is 136 Å². The Morgan fingerprint density at radius 1 is 1.35 bits per heavy atom. The molecule has 1 N–H and O–H groups in total. The summed E-state index contributed by atoms with van der Waals surface area (Å²) < 4.78 is 24.8. The molecule has 0 saturated carbocycles. The number of aryl methyl sites for hydroxylation is 1. The molecule has 23 heavy (non-hydrogen) atoms. The number of sulfone groups is 1. The Balaban J connectivity index is 2.01. The van der Waals surface area contributed by atoms with Crippen molar-refractivity contribution in [3.8, 4) is 0 Å². The van der Waals surface area contributed by atoms with Crippen molar-refractivity contribution in [2.45, 2.75) is 32.2 Å². The summed E-state index contributed by atoms with van der Waals surface area (Å²) in [7, 11) is -3.38. The van der Waals surface area contributed by atoms with E-state index in [-0.39, 0.29) is 0 Å². The van der Waals surface area contributed by atoms with E-state index in [9.17, 15) is 13.2 Å². The molecule has 0 bridgehead atoms. The molecular formula is C16H21N3O3S. The summed E-state index contributed by atoms with van der Waals surface area (Å²) in [4.78, 5) is 16.0. The van der Waals surface area contributed by atoms with E-state index in [1.54, 1.807) is 6.20 Å². The van der Waals surface area contributed by atoms with Gasteiger partial charge < -0.3 is 9.88 Å². The normalized spacial score (nSPS) is 12.8. The van der Waals surface area contributed by atoms with Crippen LogP contribution in [0.5, 0.6) is 0 Å². The second kappa shape index (κ2) is 6.95. The predicted octanol–water partition coefficient (Wildman–Crippen LogP) is 1.29. The third kappa shape index (κ3) is 4.66. The number of benzene rings is 1. The zero-order valence-corrected chi connectivity index (χ0v) is 14.3. The van der Waals surface area contributed by atoms with Crippen LogP contribution >= 0.6 is 0 Å². The van der Waals surface area contributed by atoms with Gasteiger partial charge in [0.25, 0.3) is 0 Å². The average Bonchev–Trinajstić information content (AvgIpc) is 2.89. The molecule has 1 heterocycles. The van der Waals surface area contributed by atoms with Crippen molar-refractivity contribution in [1.29, 1.82) is 0 Å². The number of amides is 1. The lowest BCUT2D eigenvalue weighted by Gasteiger charge is -2.11. The highest BCUT2D eigenvalue weighted by atomic mass is 32.2. The predicted molar refractivity (Wildman–Crippen MR) is 88.7 cm³/mol. The minimum absolute atomic E-state index is 0.301. The zero-order chi connectivity index (χ0) is 17.0. The van der Waals surface area contributed by atoms with E-state index in [1.165, 1.54) is 6.92 Å². The van der Waals surface area contributed by atoms with Gasteiger partial charge in [-0.3, -0.25) is 4.79 Å². The van der Waals surface area contributed by atoms with Crippen molar-refractivity contribution in [1.82, 2.24) is 14.9 Å². The largest absolute Gasteiger partial charge is 0.351 e. The number of nitrogens with zero attached hydrogens (tertiary/aromatic N) is 2.